The second-order valence-corrected chi connectivity index (χ2v) is 32.5. The van der Waals surface area contributed by atoms with E-state index in [4.69, 9.17) is 28.4 Å². The largest absolute Gasteiger partial charge is 0.378 e. The summed E-state index contributed by atoms with van der Waals surface area (Å²) in [7, 11) is 0. The summed E-state index contributed by atoms with van der Waals surface area (Å²) in [6, 6.07) is 18.9. The third kappa shape index (κ3) is 53.9. The number of aryl methyl sites for hydroxylation is 6. The fourth-order valence-corrected chi connectivity index (χ4v) is 11.6. The molecular formula is C91H158F2O6. The van der Waals surface area contributed by atoms with Gasteiger partial charge in [-0.05, 0) is 254 Å². The Balaban J connectivity index is 0.00000106. The van der Waals surface area contributed by atoms with Crippen LogP contribution in [0.1, 0.15) is 294 Å². The molecule has 8 unspecified atom stereocenters. The molecule has 12 rings (SSSR count). The lowest BCUT2D eigenvalue weighted by molar-refractivity contribution is -0.187. The molecule has 8 atom stereocenters. The first-order chi connectivity index (χ1) is 46.3. The van der Waals surface area contributed by atoms with Crippen LogP contribution in [-0.4, -0.2) is 64.4 Å². The van der Waals surface area contributed by atoms with E-state index in [0.29, 0.717) is 35.2 Å². The summed E-state index contributed by atoms with van der Waals surface area (Å²) in [5, 5.41) is 0. The highest BCUT2D eigenvalue weighted by molar-refractivity contribution is 5.23. The van der Waals surface area contributed by atoms with Crippen LogP contribution in [0.2, 0.25) is 0 Å². The summed E-state index contributed by atoms with van der Waals surface area (Å²) < 4.78 is 56.6. The van der Waals surface area contributed by atoms with E-state index in [2.05, 4.69) is 173 Å². The number of allylic oxidation sites excluding steroid dienone is 6. The van der Waals surface area contributed by atoms with Crippen molar-refractivity contribution in [3.63, 3.8) is 0 Å². The van der Waals surface area contributed by atoms with Crippen molar-refractivity contribution in [2.24, 2.45) is 71.0 Å². The number of hydrogen-bond acceptors (Lipinski definition) is 6. The molecule has 572 valence electrons. The molecule has 4 aliphatic heterocycles. The van der Waals surface area contributed by atoms with Gasteiger partial charge in [-0.25, -0.2) is 8.78 Å². The molecular weight excluding hydrogens is 1230 g/mol. The van der Waals surface area contributed by atoms with E-state index in [-0.39, 0.29) is 31.6 Å². The van der Waals surface area contributed by atoms with Crippen LogP contribution in [0.4, 0.5) is 8.78 Å². The second kappa shape index (κ2) is 56.9. The molecule has 6 fully saturated rings. The van der Waals surface area contributed by atoms with Crippen molar-refractivity contribution in [2.75, 3.05) is 39.6 Å². The van der Waals surface area contributed by atoms with Gasteiger partial charge in [-0.3, -0.25) is 0 Å². The number of halogens is 2. The van der Waals surface area contributed by atoms with Crippen molar-refractivity contribution in [1.82, 2.24) is 0 Å². The first-order valence-electron chi connectivity index (χ1n) is 39.5. The zero-order valence-corrected chi connectivity index (χ0v) is 67.9. The minimum absolute atomic E-state index is 0. The van der Waals surface area contributed by atoms with E-state index in [1.807, 2.05) is 39.8 Å². The van der Waals surface area contributed by atoms with E-state index in [9.17, 15) is 8.78 Å². The van der Waals surface area contributed by atoms with E-state index in [1.165, 1.54) is 152 Å². The van der Waals surface area contributed by atoms with Crippen LogP contribution in [0, 0.1) is 124 Å². The lowest BCUT2D eigenvalue weighted by Crippen LogP contribution is -2.27. The minimum Gasteiger partial charge on any atom is -0.378 e. The Morgan fingerprint density at radius 1 is 0.283 bits per heavy atom. The minimum atomic E-state index is -0.116. The first-order valence-corrected chi connectivity index (χ1v) is 39.5. The second-order valence-electron chi connectivity index (χ2n) is 32.5. The molecule has 3 aromatic carbocycles. The third-order valence-electron chi connectivity index (χ3n) is 20.1. The van der Waals surface area contributed by atoms with Gasteiger partial charge < -0.3 is 28.4 Å². The summed E-state index contributed by atoms with van der Waals surface area (Å²) in [5.74, 6) is 10.2. The van der Waals surface area contributed by atoms with Crippen LogP contribution in [-0.2, 0) is 28.4 Å². The summed E-state index contributed by atoms with van der Waals surface area (Å²) in [6.45, 7) is 56.8. The Bertz CT molecular complexity index is 2150. The number of rotatable bonds is 0. The van der Waals surface area contributed by atoms with Gasteiger partial charge in [0.1, 0.15) is 11.6 Å². The lowest BCUT2D eigenvalue weighted by Gasteiger charge is -2.24. The van der Waals surface area contributed by atoms with Crippen LogP contribution in [0.3, 0.4) is 0 Å². The van der Waals surface area contributed by atoms with Crippen molar-refractivity contribution in [3.05, 3.63) is 141 Å². The summed E-state index contributed by atoms with van der Waals surface area (Å²) in [6.07, 6.45) is 38.3. The Morgan fingerprint density at radius 2 is 0.545 bits per heavy atom. The van der Waals surface area contributed by atoms with E-state index < -0.39 is 0 Å². The van der Waals surface area contributed by atoms with Gasteiger partial charge >= 0.3 is 0 Å². The fraction of sp³-hybridized carbons (Fsp3) is 0.736. The molecule has 8 heteroatoms. The van der Waals surface area contributed by atoms with Gasteiger partial charge in [0.2, 0.25) is 0 Å². The number of benzene rings is 3. The van der Waals surface area contributed by atoms with Crippen molar-refractivity contribution in [2.45, 2.75) is 327 Å². The maximum atomic E-state index is 12.6. The average Bonchev–Trinajstić information content (AvgIpc) is 1.22. The van der Waals surface area contributed by atoms with Crippen LogP contribution >= 0.6 is 0 Å². The fourth-order valence-electron chi connectivity index (χ4n) is 11.6. The number of hydrogen-bond donors (Lipinski definition) is 0. The van der Waals surface area contributed by atoms with Gasteiger partial charge in [-0.2, -0.15) is 0 Å². The maximum absolute atomic E-state index is 12.6. The molecule has 9 aliphatic rings. The topological polar surface area (TPSA) is 55.4 Å². The van der Waals surface area contributed by atoms with E-state index in [1.54, 1.807) is 37.1 Å². The molecule has 99 heavy (non-hydrogen) atoms. The lowest BCUT2D eigenvalue weighted by atomic mass is 9.84. The predicted molar refractivity (Wildman–Crippen MR) is 427 cm³/mol. The molecule has 3 aromatic rings. The standard InChI is InChI=1S/2C8H9F.2C8H16.3C8H14.C8H10.2C7H14O.2C6H12O2.CH4/c2*1-6-3-4-7(2)8(9)5-6;6*1-7-3-5-8(2)6-4-7;2*1-6-3-4-7(2)8-5-6;2*1-5-3-7-6(2)8-4-5;/h2*3-5H,1-2H3;2*7-8H,3-6H2,1-2H3;2*3,8H,4-6H2,1-2H3;3,5,7-8H,4,6H2,1-2H3;3-6H,1-2H3;2*6-7H,3-5H2,1-2H3;2*5-6H,3-4H2,1-2H3;1H4. The maximum Gasteiger partial charge on any atom is 0.154 e. The quantitative estimate of drug-likeness (QED) is 0.209. The molecule has 2 saturated carbocycles. The highest BCUT2D eigenvalue weighted by atomic mass is 19.1. The van der Waals surface area contributed by atoms with Crippen LogP contribution in [0.25, 0.3) is 0 Å². The van der Waals surface area contributed by atoms with Gasteiger partial charge in [-0.1, -0.05) is 237 Å². The van der Waals surface area contributed by atoms with Gasteiger partial charge in [-0.15, -0.1) is 0 Å². The zero-order chi connectivity index (χ0) is 73.5. The molecule has 0 amide bonds. The summed E-state index contributed by atoms with van der Waals surface area (Å²) in [4.78, 5) is 0. The van der Waals surface area contributed by atoms with E-state index in [0.717, 1.165) is 110 Å². The third-order valence-corrected chi connectivity index (χ3v) is 20.1. The van der Waals surface area contributed by atoms with Crippen molar-refractivity contribution in [1.29, 1.82) is 0 Å². The summed E-state index contributed by atoms with van der Waals surface area (Å²) in [5.41, 5.74) is 9.19. The SMILES string of the molecule is C.CC1=CCC(C)CC1.CC1=CCC(C)CC1.CC1C=CC(C)CC1.CC1CCC(C)CC1.CC1CCC(C)CC1.CC1CCC(C)OC1.CC1CCC(C)OC1.CC1COC(C)OC1.CC1COC(C)OC1.Cc1ccc(C)c(F)c1.Cc1ccc(C)c(F)c1.Cc1ccc(C)cc1. The molecule has 4 saturated heterocycles. The summed E-state index contributed by atoms with van der Waals surface area (Å²) >= 11 is 0. The van der Waals surface area contributed by atoms with Crippen molar-refractivity contribution >= 4 is 0 Å². The van der Waals surface area contributed by atoms with Crippen LogP contribution in [0.5, 0.6) is 0 Å². The van der Waals surface area contributed by atoms with E-state index >= 15 is 0 Å². The van der Waals surface area contributed by atoms with Crippen molar-refractivity contribution in [3.8, 4) is 0 Å². The first kappa shape index (κ1) is 95.5. The zero-order valence-electron chi connectivity index (χ0n) is 67.9. The van der Waals surface area contributed by atoms with Crippen LogP contribution < -0.4 is 0 Å². The number of ether oxygens (including phenoxy) is 6. The molecule has 4 heterocycles. The molecule has 5 aliphatic carbocycles. The van der Waals surface area contributed by atoms with Gasteiger partial charge in [0.15, 0.2) is 12.6 Å². The molecule has 0 spiro atoms. The van der Waals surface area contributed by atoms with Gasteiger partial charge in [0.25, 0.3) is 0 Å². The van der Waals surface area contributed by atoms with Gasteiger partial charge in [0, 0.05) is 25.0 Å². The molecule has 0 aromatic heterocycles. The Hall–Kier alpha value is -3.50. The monoisotopic (exact) mass is 1390 g/mol. The molecule has 0 radical (unpaired) electrons. The highest BCUT2D eigenvalue weighted by Gasteiger charge is 2.18. The molecule has 0 bridgehead atoms. The normalized spacial score (nSPS) is 29.6. The van der Waals surface area contributed by atoms with Crippen molar-refractivity contribution < 1.29 is 37.2 Å². The Kier molecular flexibility index (Phi) is 54.9. The Labute approximate surface area is 612 Å². The van der Waals surface area contributed by atoms with Gasteiger partial charge in [0.05, 0.1) is 38.6 Å². The Morgan fingerprint density at radius 3 is 0.737 bits per heavy atom. The molecule has 0 N–H and O–H groups in total. The predicted octanol–water partition coefficient (Wildman–Crippen LogP) is 27.3. The highest BCUT2D eigenvalue weighted by Crippen LogP contribution is 2.29. The van der Waals surface area contributed by atoms with Crippen LogP contribution in [0.15, 0.2) is 96.1 Å². The average molecular weight is 1390 g/mol. The molecule has 6 nitrogen and oxygen atoms in total. The smallest absolute Gasteiger partial charge is 0.154 e.